The maximum absolute atomic E-state index is 4.68. The number of anilines is 3. The molecule has 20 heavy (non-hydrogen) atoms. The molecule has 2 rings (SSSR count). The molecule has 1 heterocycles. The average molecular weight is 293 g/mol. The van der Waals surface area contributed by atoms with Crippen LogP contribution in [0.5, 0.6) is 0 Å². The van der Waals surface area contributed by atoms with Crippen molar-refractivity contribution in [3.63, 3.8) is 0 Å². The van der Waals surface area contributed by atoms with Crippen molar-refractivity contribution < 1.29 is 17.0 Å². The minimum atomic E-state index is 0. The lowest BCUT2D eigenvalue weighted by molar-refractivity contribution is -0.666. The van der Waals surface area contributed by atoms with Gasteiger partial charge in [0.2, 0.25) is 17.5 Å². The quantitative estimate of drug-likeness (QED) is 0.765. The molecule has 0 aliphatic rings. The Balaban J connectivity index is 0.00000200. The summed E-state index contributed by atoms with van der Waals surface area (Å²) in [6.07, 6.45) is 0. The molecule has 2 aromatic rings. The number of rotatable bonds is 4. The summed E-state index contributed by atoms with van der Waals surface area (Å²) in [5.41, 5.74) is 1.16. The number of aryl methyl sites for hydroxylation is 1. The molecule has 0 atom stereocenters. The summed E-state index contributed by atoms with van der Waals surface area (Å²) in [5.74, 6) is 3.00. The van der Waals surface area contributed by atoms with Crippen LogP contribution in [-0.2, 0) is 7.05 Å². The van der Waals surface area contributed by atoms with Crippen molar-refractivity contribution in [3.8, 4) is 0 Å². The predicted octanol–water partition coefficient (Wildman–Crippen LogP) is -0.582. The molecule has 1 N–H and O–H groups in total. The van der Waals surface area contributed by atoms with Crippen LogP contribution in [0.4, 0.5) is 17.3 Å². The van der Waals surface area contributed by atoms with Gasteiger partial charge in [0.05, 0.1) is 13.1 Å². The zero-order chi connectivity index (χ0) is 13.8. The van der Waals surface area contributed by atoms with E-state index in [0.717, 1.165) is 29.7 Å². The molecule has 0 saturated carbocycles. The molecule has 0 fully saturated rings. The smallest absolute Gasteiger partial charge is 0.237 e. The second-order valence-electron chi connectivity index (χ2n) is 4.44. The van der Waals surface area contributed by atoms with Gasteiger partial charge in [-0.25, -0.2) is 4.57 Å². The van der Waals surface area contributed by atoms with E-state index in [9.17, 15) is 0 Å². The lowest BCUT2D eigenvalue weighted by Gasteiger charge is -2.20. The Kier molecular flexibility index (Phi) is 5.77. The molecular formula is C15H21ClN4. The van der Waals surface area contributed by atoms with Gasteiger partial charge in [-0.2, -0.15) is 0 Å². The van der Waals surface area contributed by atoms with Crippen molar-refractivity contribution in [2.45, 2.75) is 13.8 Å². The molecule has 0 bridgehead atoms. The standard InChI is InChI=1S/C15H20N4.ClH/c1-5-19(13-9-7-6-8-10-13)15-11-14(16-3)18(4)12(2)17-15;/h6-11H,5H2,1-4H3;1H. The third-order valence-electron chi connectivity index (χ3n) is 3.31. The summed E-state index contributed by atoms with van der Waals surface area (Å²) >= 11 is 0. The van der Waals surface area contributed by atoms with Crippen LogP contribution in [0, 0.1) is 6.92 Å². The Morgan fingerprint density at radius 1 is 1.25 bits per heavy atom. The summed E-state index contributed by atoms with van der Waals surface area (Å²) in [5, 5.41) is 3.20. The van der Waals surface area contributed by atoms with E-state index in [2.05, 4.69) is 40.3 Å². The van der Waals surface area contributed by atoms with Crippen molar-refractivity contribution in [1.82, 2.24) is 4.98 Å². The van der Waals surface area contributed by atoms with E-state index in [0.29, 0.717) is 0 Å². The van der Waals surface area contributed by atoms with E-state index in [1.54, 1.807) is 0 Å². The molecular weight excluding hydrogens is 272 g/mol. The van der Waals surface area contributed by atoms with Gasteiger partial charge in [0.15, 0.2) is 0 Å². The highest BCUT2D eigenvalue weighted by Gasteiger charge is 2.17. The SMILES string of the molecule is CCN(c1ccccc1)c1cc(NC)[n+](C)c(C)n1.[Cl-]. The molecule has 0 saturated heterocycles. The van der Waals surface area contributed by atoms with Crippen molar-refractivity contribution in [2.24, 2.45) is 7.05 Å². The third-order valence-corrected chi connectivity index (χ3v) is 3.31. The number of aromatic nitrogens is 2. The van der Waals surface area contributed by atoms with Gasteiger partial charge < -0.3 is 22.6 Å². The first-order valence-electron chi connectivity index (χ1n) is 6.55. The monoisotopic (exact) mass is 292 g/mol. The summed E-state index contributed by atoms with van der Waals surface area (Å²) in [6, 6.07) is 12.4. The van der Waals surface area contributed by atoms with Crippen LogP contribution in [0.1, 0.15) is 12.7 Å². The minimum absolute atomic E-state index is 0. The van der Waals surface area contributed by atoms with Crippen LogP contribution in [0.2, 0.25) is 0 Å². The normalized spacial score (nSPS) is 9.80. The molecule has 0 spiro atoms. The Hall–Kier alpha value is -1.81. The third kappa shape index (κ3) is 3.20. The van der Waals surface area contributed by atoms with E-state index < -0.39 is 0 Å². The van der Waals surface area contributed by atoms with Crippen LogP contribution in [0.3, 0.4) is 0 Å². The second-order valence-corrected chi connectivity index (χ2v) is 4.44. The molecule has 5 heteroatoms. The maximum atomic E-state index is 4.68. The second kappa shape index (κ2) is 7.10. The maximum Gasteiger partial charge on any atom is 0.237 e. The molecule has 0 unspecified atom stereocenters. The van der Waals surface area contributed by atoms with E-state index in [1.807, 2.05) is 43.8 Å². The first kappa shape index (κ1) is 16.2. The summed E-state index contributed by atoms with van der Waals surface area (Å²) in [7, 11) is 3.94. The first-order valence-corrected chi connectivity index (χ1v) is 6.55. The Labute approximate surface area is 126 Å². The van der Waals surface area contributed by atoms with Crippen molar-refractivity contribution >= 4 is 17.3 Å². The van der Waals surface area contributed by atoms with Crippen molar-refractivity contribution in [3.05, 3.63) is 42.2 Å². The van der Waals surface area contributed by atoms with Crippen LogP contribution in [-0.4, -0.2) is 18.6 Å². The van der Waals surface area contributed by atoms with Crippen molar-refractivity contribution in [1.29, 1.82) is 0 Å². The van der Waals surface area contributed by atoms with Gasteiger partial charge in [0.25, 0.3) is 0 Å². The Morgan fingerprint density at radius 2 is 1.90 bits per heavy atom. The number of nitrogens with zero attached hydrogens (tertiary/aromatic N) is 3. The highest BCUT2D eigenvalue weighted by molar-refractivity contribution is 5.61. The number of nitrogens with one attached hydrogen (secondary N) is 1. The Morgan fingerprint density at radius 3 is 2.45 bits per heavy atom. The fourth-order valence-electron chi connectivity index (χ4n) is 2.13. The molecule has 1 aromatic heterocycles. The largest absolute Gasteiger partial charge is 1.00 e. The first-order chi connectivity index (χ1) is 9.17. The topological polar surface area (TPSA) is 32.0 Å². The molecule has 0 radical (unpaired) electrons. The lowest BCUT2D eigenvalue weighted by atomic mass is 10.3. The highest BCUT2D eigenvalue weighted by Crippen LogP contribution is 2.23. The number of halogens is 1. The van der Waals surface area contributed by atoms with Gasteiger partial charge in [-0.3, -0.25) is 0 Å². The lowest BCUT2D eigenvalue weighted by Crippen LogP contribution is -3.00. The van der Waals surface area contributed by atoms with Crippen LogP contribution >= 0.6 is 0 Å². The van der Waals surface area contributed by atoms with Gasteiger partial charge >= 0.3 is 0 Å². The van der Waals surface area contributed by atoms with E-state index in [4.69, 9.17) is 0 Å². The molecule has 0 amide bonds. The van der Waals surface area contributed by atoms with Gasteiger partial charge in [0, 0.05) is 26.2 Å². The van der Waals surface area contributed by atoms with Crippen molar-refractivity contribution in [2.75, 3.05) is 23.8 Å². The molecule has 1 aromatic carbocycles. The fraction of sp³-hybridized carbons (Fsp3) is 0.333. The predicted molar refractivity (Wildman–Crippen MR) is 78.8 cm³/mol. The summed E-state index contributed by atoms with van der Waals surface area (Å²) < 4.78 is 2.04. The highest BCUT2D eigenvalue weighted by atomic mass is 35.5. The zero-order valence-corrected chi connectivity index (χ0v) is 13.1. The van der Waals surface area contributed by atoms with E-state index in [1.165, 1.54) is 0 Å². The molecule has 0 aliphatic heterocycles. The zero-order valence-electron chi connectivity index (χ0n) is 12.4. The van der Waals surface area contributed by atoms with Crippen LogP contribution in [0.25, 0.3) is 0 Å². The van der Waals surface area contributed by atoms with Crippen LogP contribution in [0.15, 0.2) is 36.4 Å². The molecule has 4 nitrogen and oxygen atoms in total. The summed E-state index contributed by atoms with van der Waals surface area (Å²) in [6.45, 7) is 5.03. The molecule has 0 aliphatic carbocycles. The number of benzene rings is 1. The van der Waals surface area contributed by atoms with Gasteiger partial charge in [-0.05, 0) is 19.1 Å². The van der Waals surface area contributed by atoms with Gasteiger partial charge in [0.1, 0.15) is 0 Å². The van der Waals surface area contributed by atoms with E-state index >= 15 is 0 Å². The number of para-hydroxylation sites is 1. The van der Waals surface area contributed by atoms with Crippen LogP contribution < -0.4 is 27.2 Å². The Bertz CT molecular complexity index is 557. The number of hydrogen-bond donors (Lipinski definition) is 1. The van der Waals surface area contributed by atoms with Gasteiger partial charge in [-0.15, -0.1) is 0 Å². The van der Waals surface area contributed by atoms with E-state index in [-0.39, 0.29) is 12.4 Å². The van der Waals surface area contributed by atoms with Gasteiger partial charge in [-0.1, -0.05) is 23.2 Å². The summed E-state index contributed by atoms with van der Waals surface area (Å²) in [4.78, 5) is 6.88. The number of hydrogen-bond acceptors (Lipinski definition) is 3. The fourth-order valence-corrected chi connectivity index (χ4v) is 2.13. The molecule has 108 valence electrons. The average Bonchev–Trinajstić information content (AvgIpc) is 2.44. The minimum Gasteiger partial charge on any atom is -1.00 e.